The van der Waals surface area contributed by atoms with Gasteiger partial charge in [0.15, 0.2) is 0 Å². The number of rotatable bonds is 0. The third kappa shape index (κ3) is 3.46. The summed E-state index contributed by atoms with van der Waals surface area (Å²) < 4.78 is 1.14. The Balaban J connectivity index is 0. The molecule has 0 saturated carbocycles. The standard InChI is InChI=1S/C7H7Br.C2H4.H2/c1-6-2-4-7(8)5-3-6;1-2;/h2-5H,1H3;1-2H2;1H. The molecule has 0 fully saturated rings. The lowest BCUT2D eigenvalue weighted by Crippen LogP contribution is -1.66. The lowest BCUT2D eigenvalue weighted by Gasteiger charge is -1.88. The van der Waals surface area contributed by atoms with Gasteiger partial charge in [0.2, 0.25) is 0 Å². The fourth-order valence-electron chi connectivity index (χ4n) is 0.533. The van der Waals surface area contributed by atoms with E-state index in [1.54, 1.807) is 0 Å². The van der Waals surface area contributed by atoms with E-state index in [0.29, 0.717) is 0 Å². The van der Waals surface area contributed by atoms with Crippen molar-refractivity contribution in [3.8, 4) is 0 Å². The Labute approximate surface area is 72.2 Å². The van der Waals surface area contributed by atoms with E-state index >= 15 is 0 Å². The number of halogens is 1. The number of hydrogen-bond donors (Lipinski definition) is 0. The highest BCUT2D eigenvalue weighted by molar-refractivity contribution is 9.10. The van der Waals surface area contributed by atoms with Gasteiger partial charge in [0.05, 0.1) is 0 Å². The predicted octanol–water partition coefficient (Wildman–Crippen LogP) is 3.81. The third-order valence-corrected chi connectivity index (χ3v) is 1.54. The second-order valence-corrected chi connectivity index (χ2v) is 2.71. The molecule has 1 rings (SSSR count). The van der Waals surface area contributed by atoms with Crippen LogP contribution >= 0.6 is 15.9 Å². The topological polar surface area (TPSA) is 0 Å². The maximum Gasteiger partial charge on any atom is 0.0175 e. The van der Waals surface area contributed by atoms with E-state index in [9.17, 15) is 0 Å². The molecule has 0 radical (unpaired) electrons. The molecular weight excluding hydrogens is 188 g/mol. The average molecular weight is 201 g/mol. The zero-order valence-corrected chi connectivity index (χ0v) is 7.69. The van der Waals surface area contributed by atoms with Gasteiger partial charge in [-0.25, -0.2) is 0 Å². The minimum atomic E-state index is 0. The Hall–Kier alpha value is -0.560. The highest BCUT2D eigenvalue weighted by Gasteiger charge is 1.81. The summed E-state index contributed by atoms with van der Waals surface area (Å²) >= 11 is 3.35. The Kier molecular flexibility index (Phi) is 4.95. The zero-order valence-electron chi connectivity index (χ0n) is 6.10. The van der Waals surface area contributed by atoms with Gasteiger partial charge in [-0.1, -0.05) is 33.6 Å². The van der Waals surface area contributed by atoms with Crippen molar-refractivity contribution < 1.29 is 1.43 Å². The van der Waals surface area contributed by atoms with Crippen LogP contribution in [0.1, 0.15) is 6.99 Å². The molecular formula is C9H13Br. The molecule has 0 saturated heterocycles. The Morgan fingerprint density at radius 1 is 1.20 bits per heavy atom. The van der Waals surface area contributed by atoms with Gasteiger partial charge in [0.1, 0.15) is 0 Å². The van der Waals surface area contributed by atoms with Gasteiger partial charge in [-0.2, -0.15) is 0 Å². The van der Waals surface area contributed by atoms with Crippen molar-refractivity contribution in [3.63, 3.8) is 0 Å². The van der Waals surface area contributed by atoms with Crippen molar-refractivity contribution in [1.82, 2.24) is 0 Å². The molecule has 0 aliphatic carbocycles. The lowest BCUT2D eigenvalue weighted by molar-refractivity contribution is 1.46. The van der Waals surface area contributed by atoms with E-state index in [0.717, 1.165) is 4.47 Å². The maximum absolute atomic E-state index is 3.35. The smallest absolute Gasteiger partial charge is 0.0175 e. The van der Waals surface area contributed by atoms with Crippen molar-refractivity contribution in [3.05, 3.63) is 47.5 Å². The zero-order chi connectivity index (χ0) is 7.98. The van der Waals surface area contributed by atoms with Crippen molar-refractivity contribution in [2.75, 3.05) is 0 Å². The van der Waals surface area contributed by atoms with Crippen LogP contribution in [0.25, 0.3) is 0 Å². The summed E-state index contributed by atoms with van der Waals surface area (Å²) in [4.78, 5) is 0. The van der Waals surface area contributed by atoms with E-state index < -0.39 is 0 Å². The van der Waals surface area contributed by atoms with Crippen molar-refractivity contribution in [2.45, 2.75) is 6.92 Å². The second kappa shape index (κ2) is 5.24. The highest BCUT2D eigenvalue weighted by Crippen LogP contribution is 2.08. The van der Waals surface area contributed by atoms with Gasteiger partial charge < -0.3 is 0 Å². The van der Waals surface area contributed by atoms with Gasteiger partial charge in [0.25, 0.3) is 0 Å². The third-order valence-electron chi connectivity index (χ3n) is 1.01. The predicted molar refractivity (Wildman–Crippen MR) is 52.2 cm³/mol. The fourth-order valence-corrected chi connectivity index (χ4v) is 0.798. The van der Waals surface area contributed by atoms with Crippen LogP contribution in [0.5, 0.6) is 0 Å². The molecule has 0 aliphatic heterocycles. The first-order valence-corrected chi connectivity index (χ1v) is 3.80. The summed E-state index contributed by atoms with van der Waals surface area (Å²) in [6.45, 7) is 8.08. The first-order valence-electron chi connectivity index (χ1n) is 3.01. The molecule has 1 heteroatoms. The molecule has 0 aromatic heterocycles. The molecule has 0 amide bonds. The van der Waals surface area contributed by atoms with Crippen LogP contribution in [-0.2, 0) is 0 Å². The quantitative estimate of drug-likeness (QED) is 0.560. The fraction of sp³-hybridized carbons (Fsp3) is 0.111. The molecule has 56 valence electrons. The van der Waals surface area contributed by atoms with Gasteiger partial charge in [0, 0.05) is 5.90 Å². The SMILES string of the molecule is C=C.Cc1ccc(Br)cc1.[HH]. The molecule has 1 aromatic carbocycles. The van der Waals surface area contributed by atoms with Gasteiger partial charge >= 0.3 is 0 Å². The first kappa shape index (κ1) is 9.44. The van der Waals surface area contributed by atoms with Gasteiger partial charge in [-0.3, -0.25) is 0 Å². The Bertz CT molecular complexity index is 160. The molecule has 0 atom stereocenters. The van der Waals surface area contributed by atoms with E-state index in [1.807, 2.05) is 12.1 Å². The van der Waals surface area contributed by atoms with Crippen molar-refractivity contribution >= 4 is 15.9 Å². The Morgan fingerprint density at radius 3 is 1.90 bits per heavy atom. The van der Waals surface area contributed by atoms with Crippen LogP contribution in [0.3, 0.4) is 0 Å². The van der Waals surface area contributed by atoms with Crippen LogP contribution < -0.4 is 0 Å². The monoisotopic (exact) mass is 200 g/mol. The molecule has 0 heterocycles. The van der Waals surface area contributed by atoms with Gasteiger partial charge in [-0.15, -0.1) is 13.2 Å². The van der Waals surface area contributed by atoms with Crippen LogP contribution in [0.15, 0.2) is 41.9 Å². The summed E-state index contributed by atoms with van der Waals surface area (Å²) in [6.07, 6.45) is 0. The van der Waals surface area contributed by atoms with E-state index in [4.69, 9.17) is 0 Å². The lowest BCUT2D eigenvalue weighted by atomic mass is 10.2. The van der Waals surface area contributed by atoms with Crippen LogP contribution in [0, 0.1) is 6.92 Å². The van der Waals surface area contributed by atoms with Gasteiger partial charge in [-0.05, 0) is 19.1 Å². The summed E-state index contributed by atoms with van der Waals surface area (Å²) in [5, 5.41) is 0. The second-order valence-electron chi connectivity index (χ2n) is 1.80. The normalized spacial score (nSPS) is 7.80. The molecule has 0 N–H and O–H groups in total. The number of aryl methyl sites for hydroxylation is 1. The molecule has 0 spiro atoms. The maximum atomic E-state index is 3.35. The highest BCUT2D eigenvalue weighted by atomic mass is 79.9. The number of hydrogen-bond acceptors (Lipinski definition) is 0. The van der Waals surface area contributed by atoms with Crippen LogP contribution in [0.4, 0.5) is 0 Å². The first-order chi connectivity index (χ1) is 4.79. The molecule has 1 aromatic rings. The van der Waals surface area contributed by atoms with Crippen LogP contribution in [0.2, 0.25) is 0 Å². The van der Waals surface area contributed by atoms with E-state index in [2.05, 4.69) is 48.1 Å². The largest absolute Gasteiger partial charge is 0.106 e. The van der Waals surface area contributed by atoms with Crippen molar-refractivity contribution in [1.29, 1.82) is 0 Å². The van der Waals surface area contributed by atoms with E-state index in [-0.39, 0.29) is 1.43 Å². The summed E-state index contributed by atoms with van der Waals surface area (Å²) in [5.74, 6) is 0. The number of benzene rings is 1. The minimum absolute atomic E-state index is 0. The molecule has 0 bridgehead atoms. The Morgan fingerprint density at radius 2 is 1.60 bits per heavy atom. The van der Waals surface area contributed by atoms with E-state index in [1.165, 1.54) is 5.56 Å². The minimum Gasteiger partial charge on any atom is -0.106 e. The molecule has 10 heavy (non-hydrogen) atoms. The molecule has 0 aliphatic rings. The molecule has 0 unspecified atom stereocenters. The van der Waals surface area contributed by atoms with Crippen LogP contribution in [-0.4, -0.2) is 0 Å². The van der Waals surface area contributed by atoms with Crippen molar-refractivity contribution in [2.24, 2.45) is 0 Å². The summed E-state index contributed by atoms with van der Waals surface area (Å²) in [5.41, 5.74) is 1.30. The summed E-state index contributed by atoms with van der Waals surface area (Å²) in [7, 11) is 0. The average Bonchev–Trinajstić information content (AvgIpc) is 2.00. The summed E-state index contributed by atoms with van der Waals surface area (Å²) in [6, 6.07) is 8.22. The molecule has 0 nitrogen and oxygen atoms in total.